The summed E-state index contributed by atoms with van der Waals surface area (Å²) in [5.74, 6) is -0.196. The van der Waals surface area contributed by atoms with Gasteiger partial charge >= 0.3 is 0 Å². The van der Waals surface area contributed by atoms with E-state index in [0.29, 0.717) is 12.2 Å². The zero-order valence-corrected chi connectivity index (χ0v) is 11.8. The third kappa shape index (κ3) is 2.36. The van der Waals surface area contributed by atoms with Crippen LogP contribution >= 0.6 is 0 Å². The standard InChI is InChI=1S/C12H17N3O3S/c1-14(2)19(17,18)10-4-3-9-5-6-15(11(9)7-10)12(16)8-13/h3-4,7H,5-6,8,13H2,1-2H3. The average molecular weight is 283 g/mol. The number of rotatable bonds is 3. The van der Waals surface area contributed by atoms with Crippen molar-refractivity contribution in [2.45, 2.75) is 11.3 Å². The van der Waals surface area contributed by atoms with Crippen molar-refractivity contribution in [3.05, 3.63) is 23.8 Å². The molecule has 1 aliphatic heterocycles. The van der Waals surface area contributed by atoms with E-state index in [1.54, 1.807) is 23.1 Å². The Kier molecular flexibility index (Phi) is 3.62. The molecule has 0 fully saturated rings. The van der Waals surface area contributed by atoms with Gasteiger partial charge in [-0.15, -0.1) is 0 Å². The molecule has 1 aromatic rings. The molecular weight excluding hydrogens is 266 g/mol. The van der Waals surface area contributed by atoms with E-state index in [1.807, 2.05) is 0 Å². The van der Waals surface area contributed by atoms with Crippen LogP contribution in [0.5, 0.6) is 0 Å². The number of carbonyl (C=O) groups excluding carboxylic acids is 1. The number of benzene rings is 1. The maximum atomic E-state index is 12.1. The largest absolute Gasteiger partial charge is 0.322 e. The lowest BCUT2D eigenvalue weighted by atomic mass is 10.2. The number of sulfonamides is 1. The van der Waals surface area contributed by atoms with Crippen LogP contribution in [0.3, 0.4) is 0 Å². The molecule has 0 atom stereocenters. The fraction of sp³-hybridized carbons (Fsp3) is 0.417. The summed E-state index contributed by atoms with van der Waals surface area (Å²) in [6.45, 7) is 0.473. The molecule has 0 radical (unpaired) electrons. The van der Waals surface area contributed by atoms with E-state index in [1.165, 1.54) is 14.1 Å². The molecule has 0 saturated carbocycles. The summed E-state index contributed by atoms with van der Waals surface area (Å²) >= 11 is 0. The van der Waals surface area contributed by atoms with Gasteiger partial charge in [-0.1, -0.05) is 6.07 Å². The minimum absolute atomic E-state index is 0.0793. The topological polar surface area (TPSA) is 83.7 Å². The highest BCUT2D eigenvalue weighted by Gasteiger charge is 2.26. The Hall–Kier alpha value is -1.44. The van der Waals surface area contributed by atoms with Crippen LogP contribution < -0.4 is 10.6 Å². The van der Waals surface area contributed by atoms with Gasteiger partial charge in [0.05, 0.1) is 11.4 Å². The highest BCUT2D eigenvalue weighted by Crippen LogP contribution is 2.31. The summed E-state index contributed by atoms with van der Waals surface area (Å²) in [6.07, 6.45) is 0.726. The van der Waals surface area contributed by atoms with Crippen LogP contribution in [0, 0.1) is 0 Å². The van der Waals surface area contributed by atoms with Gasteiger partial charge in [0, 0.05) is 26.3 Å². The first kappa shape index (κ1) is 14.0. The first-order valence-electron chi connectivity index (χ1n) is 5.94. The SMILES string of the molecule is CN(C)S(=O)(=O)c1ccc2c(c1)N(C(=O)CN)CC2. The summed E-state index contributed by atoms with van der Waals surface area (Å²) in [6, 6.07) is 4.88. The van der Waals surface area contributed by atoms with E-state index in [0.717, 1.165) is 16.3 Å². The van der Waals surface area contributed by atoms with Gasteiger partial charge in [0.2, 0.25) is 15.9 Å². The van der Waals surface area contributed by atoms with Crippen molar-refractivity contribution in [2.24, 2.45) is 5.73 Å². The summed E-state index contributed by atoms with van der Waals surface area (Å²) < 4.78 is 25.3. The lowest BCUT2D eigenvalue weighted by Gasteiger charge is -2.18. The van der Waals surface area contributed by atoms with Crippen molar-refractivity contribution in [2.75, 3.05) is 32.1 Å². The highest BCUT2D eigenvalue weighted by molar-refractivity contribution is 7.89. The van der Waals surface area contributed by atoms with Gasteiger partial charge in [-0.05, 0) is 24.1 Å². The summed E-state index contributed by atoms with van der Waals surface area (Å²) in [4.78, 5) is 13.4. The second-order valence-electron chi connectivity index (χ2n) is 4.58. The molecule has 0 unspecified atom stereocenters. The third-order valence-electron chi connectivity index (χ3n) is 3.21. The van der Waals surface area contributed by atoms with Gasteiger partial charge in [0.25, 0.3) is 0 Å². The number of amides is 1. The normalized spacial score (nSPS) is 14.8. The van der Waals surface area contributed by atoms with Crippen LogP contribution in [0.1, 0.15) is 5.56 Å². The monoisotopic (exact) mass is 283 g/mol. The van der Waals surface area contributed by atoms with E-state index in [9.17, 15) is 13.2 Å². The van der Waals surface area contributed by atoms with Gasteiger partial charge in [-0.3, -0.25) is 4.79 Å². The van der Waals surface area contributed by atoms with Crippen LogP contribution in [-0.4, -0.2) is 45.8 Å². The number of hydrogen-bond donors (Lipinski definition) is 1. The molecule has 1 aliphatic rings. The van der Waals surface area contributed by atoms with E-state index in [4.69, 9.17) is 5.73 Å². The number of anilines is 1. The second-order valence-corrected chi connectivity index (χ2v) is 6.73. The van der Waals surface area contributed by atoms with Crippen LogP contribution in [0.4, 0.5) is 5.69 Å². The van der Waals surface area contributed by atoms with Crippen molar-refractivity contribution in [1.29, 1.82) is 0 Å². The van der Waals surface area contributed by atoms with Gasteiger partial charge < -0.3 is 10.6 Å². The predicted molar refractivity (Wildman–Crippen MR) is 72.4 cm³/mol. The first-order chi connectivity index (χ1) is 8.87. The number of hydrogen-bond acceptors (Lipinski definition) is 4. The molecule has 1 heterocycles. The lowest BCUT2D eigenvalue weighted by Crippen LogP contribution is -2.34. The Morgan fingerprint density at radius 1 is 1.42 bits per heavy atom. The average Bonchev–Trinajstić information content (AvgIpc) is 2.80. The molecule has 19 heavy (non-hydrogen) atoms. The molecule has 7 heteroatoms. The zero-order valence-electron chi connectivity index (χ0n) is 11.0. The van der Waals surface area contributed by atoms with E-state index >= 15 is 0 Å². The fourth-order valence-corrected chi connectivity index (χ4v) is 3.02. The fourth-order valence-electron chi connectivity index (χ4n) is 2.10. The van der Waals surface area contributed by atoms with Crippen molar-refractivity contribution in [3.8, 4) is 0 Å². The number of carbonyl (C=O) groups is 1. The van der Waals surface area contributed by atoms with Crippen molar-refractivity contribution in [3.63, 3.8) is 0 Å². The molecule has 2 rings (SSSR count). The Bertz CT molecular complexity index is 611. The molecule has 0 saturated heterocycles. The molecule has 104 valence electrons. The molecule has 2 N–H and O–H groups in total. The Labute approximate surface area is 112 Å². The van der Waals surface area contributed by atoms with Crippen LogP contribution in [0.2, 0.25) is 0 Å². The quantitative estimate of drug-likeness (QED) is 0.831. The maximum Gasteiger partial charge on any atom is 0.242 e. The van der Waals surface area contributed by atoms with Gasteiger partial charge in [0.1, 0.15) is 0 Å². The van der Waals surface area contributed by atoms with Gasteiger partial charge in [0.15, 0.2) is 0 Å². The van der Waals surface area contributed by atoms with Crippen molar-refractivity contribution in [1.82, 2.24) is 4.31 Å². The van der Waals surface area contributed by atoms with Crippen molar-refractivity contribution < 1.29 is 13.2 Å². The zero-order chi connectivity index (χ0) is 14.2. The molecule has 0 bridgehead atoms. The third-order valence-corrected chi connectivity index (χ3v) is 5.02. The lowest BCUT2D eigenvalue weighted by molar-refractivity contribution is -0.117. The molecular formula is C12H17N3O3S. The van der Waals surface area contributed by atoms with Crippen LogP contribution in [0.25, 0.3) is 0 Å². The second kappa shape index (κ2) is 4.92. The van der Waals surface area contributed by atoms with Crippen LogP contribution in [0.15, 0.2) is 23.1 Å². The Balaban J connectivity index is 2.47. The number of nitrogens with two attached hydrogens (primary N) is 1. The smallest absolute Gasteiger partial charge is 0.242 e. The maximum absolute atomic E-state index is 12.1. The first-order valence-corrected chi connectivity index (χ1v) is 7.38. The minimum atomic E-state index is -3.49. The highest BCUT2D eigenvalue weighted by atomic mass is 32.2. The molecule has 0 aromatic heterocycles. The summed E-state index contributed by atoms with van der Waals surface area (Å²) in [7, 11) is -0.535. The van der Waals surface area contributed by atoms with E-state index in [2.05, 4.69) is 0 Å². The molecule has 1 amide bonds. The number of nitrogens with zero attached hydrogens (tertiary/aromatic N) is 2. The van der Waals surface area contributed by atoms with Gasteiger partial charge in [-0.25, -0.2) is 12.7 Å². The van der Waals surface area contributed by atoms with E-state index < -0.39 is 10.0 Å². The summed E-state index contributed by atoms with van der Waals surface area (Å²) in [5.41, 5.74) is 6.99. The molecule has 6 nitrogen and oxygen atoms in total. The van der Waals surface area contributed by atoms with Crippen LogP contribution in [-0.2, 0) is 21.2 Å². The van der Waals surface area contributed by atoms with E-state index in [-0.39, 0.29) is 17.3 Å². The van der Waals surface area contributed by atoms with Crippen molar-refractivity contribution >= 4 is 21.6 Å². The Morgan fingerprint density at radius 3 is 2.68 bits per heavy atom. The molecule has 0 spiro atoms. The summed E-state index contributed by atoms with van der Waals surface area (Å²) in [5, 5.41) is 0. The predicted octanol–water partition coefficient (Wildman–Crippen LogP) is -0.215. The Morgan fingerprint density at radius 2 is 2.11 bits per heavy atom. The minimum Gasteiger partial charge on any atom is -0.322 e. The number of fused-ring (bicyclic) bond motifs is 1. The molecule has 0 aliphatic carbocycles. The molecule has 1 aromatic carbocycles. The van der Waals surface area contributed by atoms with Gasteiger partial charge in [-0.2, -0.15) is 0 Å².